The Morgan fingerprint density at radius 2 is 2.21 bits per heavy atom. The van der Waals surface area contributed by atoms with Crippen molar-refractivity contribution in [3.63, 3.8) is 0 Å². The number of rotatable bonds is 5. The summed E-state index contributed by atoms with van der Waals surface area (Å²) in [5.74, 6) is 0.0314. The quantitative estimate of drug-likeness (QED) is 0.863. The highest BCUT2D eigenvalue weighted by Crippen LogP contribution is 2.17. The van der Waals surface area contributed by atoms with E-state index in [2.05, 4.69) is 0 Å². The van der Waals surface area contributed by atoms with E-state index in [1.165, 1.54) is 0 Å². The third-order valence-corrected chi connectivity index (χ3v) is 3.75. The Labute approximate surface area is 114 Å². The summed E-state index contributed by atoms with van der Waals surface area (Å²) < 4.78 is 5.30. The number of benzene rings is 1. The largest absolute Gasteiger partial charge is 0.380 e. The predicted octanol–water partition coefficient (Wildman–Crippen LogP) is 1.05. The lowest BCUT2D eigenvalue weighted by atomic mass is 9.98. The second kappa shape index (κ2) is 6.68. The van der Waals surface area contributed by atoms with Crippen LogP contribution in [0, 0.1) is 5.92 Å². The molecule has 1 fully saturated rings. The van der Waals surface area contributed by atoms with Crippen LogP contribution in [-0.4, -0.2) is 43.7 Å². The van der Waals surface area contributed by atoms with Crippen molar-refractivity contribution in [1.82, 2.24) is 4.90 Å². The van der Waals surface area contributed by atoms with Crippen LogP contribution >= 0.6 is 0 Å². The van der Waals surface area contributed by atoms with E-state index >= 15 is 0 Å². The van der Waals surface area contributed by atoms with Gasteiger partial charge in [-0.15, -0.1) is 0 Å². The molecule has 0 aromatic heterocycles. The predicted molar refractivity (Wildman–Crippen MR) is 74.7 cm³/mol. The van der Waals surface area contributed by atoms with Crippen molar-refractivity contribution in [3.8, 4) is 0 Å². The van der Waals surface area contributed by atoms with Crippen LogP contribution in [0.25, 0.3) is 0 Å². The van der Waals surface area contributed by atoms with E-state index in [0.717, 1.165) is 18.5 Å². The molecule has 104 valence electrons. The summed E-state index contributed by atoms with van der Waals surface area (Å²) in [6.45, 7) is 1.87. The maximum Gasteiger partial charge on any atom is 0.227 e. The number of nitrogens with zero attached hydrogens (tertiary/aromatic N) is 1. The number of hydrogen-bond donors (Lipinski definition) is 1. The van der Waals surface area contributed by atoms with Gasteiger partial charge in [-0.1, -0.05) is 30.3 Å². The van der Waals surface area contributed by atoms with Gasteiger partial charge < -0.3 is 15.4 Å². The summed E-state index contributed by atoms with van der Waals surface area (Å²) in [5.41, 5.74) is 6.94. The second-order valence-corrected chi connectivity index (χ2v) is 5.05. The minimum atomic E-state index is -0.127. The molecule has 0 bridgehead atoms. The maximum atomic E-state index is 12.4. The van der Waals surface area contributed by atoms with Crippen molar-refractivity contribution in [2.24, 2.45) is 11.7 Å². The van der Waals surface area contributed by atoms with Crippen LogP contribution in [-0.2, 0) is 16.0 Å². The van der Waals surface area contributed by atoms with Gasteiger partial charge in [-0.25, -0.2) is 0 Å². The first kappa shape index (κ1) is 14.0. The molecule has 1 saturated heterocycles. The Balaban J connectivity index is 1.96. The summed E-state index contributed by atoms with van der Waals surface area (Å²) in [4.78, 5) is 14.3. The summed E-state index contributed by atoms with van der Waals surface area (Å²) in [7, 11) is 1.70. The topological polar surface area (TPSA) is 55.6 Å². The molecule has 1 aromatic carbocycles. The van der Waals surface area contributed by atoms with E-state index in [1.807, 2.05) is 35.2 Å². The zero-order chi connectivity index (χ0) is 13.7. The van der Waals surface area contributed by atoms with Gasteiger partial charge in [0.15, 0.2) is 0 Å². The lowest BCUT2D eigenvalue weighted by molar-refractivity contribution is -0.134. The molecule has 1 heterocycles. The zero-order valence-corrected chi connectivity index (χ0v) is 11.4. The molecule has 1 amide bonds. The standard InChI is InChI=1S/C15H22N2O2/c1-19-14-7-8-17(11-14)15(18)13(10-16)9-12-5-3-2-4-6-12/h2-6,13-14H,7-11,16H2,1H3. The van der Waals surface area contributed by atoms with Crippen molar-refractivity contribution < 1.29 is 9.53 Å². The van der Waals surface area contributed by atoms with E-state index in [0.29, 0.717) is 19.5 Å². The normalized spacial score (nSPS) is 20.5. The highest BCUT2D eigenvalue weighted by Gasteiger charge is 2.30. The smallest absolute Gasteiger partial charge is 0.227 e. The van der Waals surface area contributed by atoms with Gasteiger partial charge in [0.25, 0.3) is 0 Å². The van der Waals surface area contributed by atoms with E-state index < -0.39 is 0 Å². The Morgan fingerprint density at radius 1 is 1.47 bits per heavy atom. The fourth-order valence-corrected chi connectivity index (χ4v) is 2.55. The van der Waals surface area contributed by atoms with E-state index in [4.69, 9.17) is 10.5 Å². The first-order chi connectivity index (χ1) is 9.24. The van der Waals surface area contributed by atoms with Gasteiger partial charge in [0.05, 0.1) is 12.0 Å². The molecule has 0 aliphatic carbocycles. The number of carbonyl (C=O) groups is 1. The first-order valence-electron chi connectivity index (χ1n) is 6.80. The lowest BCUT2D eigenvalue weighted by Crippen LogP contribution is -2.39. The highest BCUT2D eigenvalue weighted by atomic mass is 16.5. The third kappa shape index (κ3) is 3.55. The van der Waals surface area contributed by atoms with Gasteiger partial charge in [0, 0.05) is 26.7 Å². The number of amides is 1. The molecule has 2 unspecified atom stereocenters. The van der Waals surface area contributed by atoms with Crippen LogP contribution in [0.2, 0.25) is 0 Å². The monoisotopic (exact) mass is 262 g/mol. The van der Waals surface area contributed by atoms with E-state index in [9.17, 15) is 4.79 Å². The number of methoxy groups -OCH3 is 1. The van der Waals surface area contributed by atoms with Crippen LogP contribution < -0.4 is 5.73 Å². The van der Waals surface area contributed by atoms with Crippen molar-refractivity contribution in [2.45, 2.75) is 18.9 Å². The van der Waals surface area contributed by atoms with Crippen molar-refractivity contribution >= 4 is 5.91 Å². The van der Waals surface area contributed by atoms with E-state index in [1.54, 1.807) is 7.11 Å². The molecule has 19 heavy (non-hydrogen) atoms. The number of carbonyl (C=O) groups excluding carboxylic acids is 1. The van der Waals surface area contributed by atoms with Crippen LogP contribution in [0.15, 0.2) is 30.3 Å². The fourth-order valence-electron chi connectivity index (χ4n) is 2.55. The molecule has 0 spiro atoms. The molecule has 2 N–H and O–H groups in total. The zero-order valence-electron chi connectivity index (χ0n) is 11.4. The molecule has 0 radical (unpaired) electrons. The van der Waals surface area contributed by atoms with Crippen molar-refractivity contribution in [1.29, 1.82) is 0 Å². The molecule has 1 aromatic rings. The van der Waals surface area contributed by atoms with Gasteiger partial charge in [-0.2, -0.15) is 0 Å². The molecule has 4 nitrogen and oxygen atoms in total. The minimum absolute atomic E-state index is 0.127. The molecule has 4 heteroatoms. The third-order valence-electron chi connectivity index (χ3n) is 3.75. The minimum Gasteiger partial charge on any atom is -0.380 e. The Kier molecular flexibility index (Phi) is 4.93. The molecule has 2 rings (SSSR count). The van der Waals surface area contributed by atoms with Gasteiger partial charge in [0.2, 0.25) is 5.91 Å². The summed E-state index contributed by atoms with van der Waals surface area (Å²) in [6.07, 6.45) is 1.81. The number of nitrogens with two attached hydrogens (primary N) is 1. The van der Waals surface area contributed by atoms with Gasteiger partial charge in [-0.3, -0.25) is 4.79 Å². The highest BCUT2D eigenvalue weighted by molar-refractivity contribution is 5.79. The molecule has 1 aliphatic rings. The van der Waals surface area contributed by atoms with E-state index in [-0.39, 0.29) is 17.9 Å². The number of hydrogen-bond acceptors (Lipinski definition) is 3. The van der Waals surface area contributed by atoms with Crippen molar-refractivity contribution in [3.05, 3.63) is 35.9 Å². The Hall–Kier alpha value is -1.39. The molecular weight excluding hydrogens is 240 g/mol. The second-order valence-electron chi connectivity index (χ2n) is 5.05. The molecule has 2 atom stereocenters. The number of likely N-dealkylation sites (tertiary alicyclic amines) is 1. The average Bonchev–Trinajstić information content (AvgIpc) is 2.94. The van der Waals surface area contributed by atoms with Crippen molar-refractivity contribution in [2.75, 3.05) is 26.7 Å². The maximum absolute atomic E-state index is 12.4. The Bertz CT molecular complexity index is 408. The van der Waals surface area contributed by atoms with Crippen LogP contribution in [0.5, 0.6) is 0 Å². The summed E-state index contributed by atoms with van der Waals surface area (Å²) in [6, 6.07) is 10.0. The average molecular weight is 262 g/mol. The summed E-state index contributed by atoms with van der Waals surface area (Å²) in [5, 5.41) is 0. The van der Waals surface area contributed by atoms with Gasteiger partial charge in [-0.05, 0) is 18.4 Å². The fraction of sp³-hybridized carbons (Fsp3) is 0.533. The van der Waals surface area contributed by atoms with Crippen LogP contribution in [0.3, 0.4) is 0 Å². The van der Waals surface area contributed by atoms with Gasteiger partial charge in [0.1, 0.15) is 0 Å². The SMILES string of the molecule is COC1CCN(C(=O)C(CN)Cc2ccccc2)C1. The molecule has 1 aliphatic heterocycles. The molecular formula is C15H22N2O2. The first-order valence-corrected chi connectivity index (χ1v) is 6.80. The lowest BCUT2D eigenvalue weighted by Gasteiger charge is -2.22. The van der Waals surface area contributed by atoms with Gasteiger partial charge >= 0.3 is 0 Å². The van der Waals surface area contributed by atoms with Crippen LogP contribution in [0.1, 0.15) is 12.0 Å². The molecule has 0 saturated carbocycles. The Morgan fingerprint density at radius 3 is 2.79 bits per heavy atom. The number of ether oxygens (including phenoxy) is 1. The summed E-state index contributed by atoms with van der Waals surface area (Å²) >= 11 is 0. The van der Waals surface area contributed by atoms with Crippen LogP contribution in [0.4, 0.5) is 0 Å².